The van der Waals surface area contributed by atoms with Gasteiger partial charge in [-0.15, -0.1) is 0 Å². The molecule has 6 nitrogen and oxygen atoms in total. The van der Waals surface area contributed by atoms with Gasteiger partial charge in [0.1, 0.15) is 12.4 Å². The maximum absolute atomic E-state index is 12.7. The molecule has 0 unspecified atom stereocenters. The van der Waals surface area contributed by atoms with Gasteiger partial charge in [-0.2, -0.15) is 0 Å². The van der Waals surface area contributed by atoms with Gasteiger partial charge >= 0.3 is 0 Å². The summed E-state index contributed by atoms with van der Waals surface area (Å²) < 4.78 is 33.3. The van der Waals surface area contributed by atoms with E-state index < -0.39 is 10.0 Å². The van der Waals surface area contributed by atoms with Crippen molar-refractivity contribution in [2.45, 2.75) is 36.9 Å². The number of carbonyl (C=O) groups is 1. The molecule has 4 rings (SSSR count). The zero-order valence-corrected chi connectivity index (χ0v) is 17.8. The summed E-state index contributed by atoms with van der Waals surface area (Å²) in [4.78, 5) is 12.8. The first-order valence-corrected chi connectivity index (χ1v) is 11.6. The molecule has 1 aliphatic carbocycles. The van der Waals surface area contributed by atoms with E-state index >= 15 is 0 Å². The van der Waals surface area contributed by atoms with E-state index in [1.54, 1.807) is 12.1 Å². The fourth-order valence-corrected chi connectivity index (χ4v) is 4.47. The van der Waals surface area contributed by atoms with Crippen LogP contribution in [-0.4, -0.2) is 20.4 Å². The summed E-state index contributed by atoms with van der Waals surface area (Å²) in [5.41, 5.74) is 2.21. The van der Waals surface area contributed by atoms with Crippen LogP contribution in [0.4, 0.5) is 0 Å². The predicted octanol–water partition coefficient (Wildman–Crippen LogP) is 3.64. The highest BCUT2D eigenvalue weighted by molar-refractivity contribution is 7.89. The molecule has 3 aromatic carbocycles. The van der Waals surface area contributed by atoms with Crippen molar-refractivity contribution in [3.63, 3.8) is 0 Å². The molecule has 0 atom stereocenters. The summed E-state index contributed by atoms with van der Waals surface area (Å²) in [6.45, 7) is 0.696. The number of carbonyl (C=O) groups excluding carboxylic acids is 1. The summed E-state index contributed by atoms with van der Waals surface area (Å²) in [5, 5.41) is 2.88. The van der Waals surface area contributed by atoms with Crippen LogP contribution in [0.25, 0.3) is 0 Å². The van der Waals surface area contributed by atoms with Crippen LogP contribution in [0.3, 0.4) is 0 Å². The van der Waals surface area contributed by atoms with Gasteiger partial charge in [-0.1, -0.05) is 48.5 Å². The number of rotatable bonds is 9. The number of amides is 1. The van der Waals surface area contributed by atoms with Crippen molar-refractivity contribution < 1.29 is 17.9 Å². The lowest BCUT2D eigenvalue weighted by molar-refractivity contribution is 0.0950. The molecule has 3 aromatic rings. The van der Waals surface area contributed by atoms with Gasteiger partial charge in [-0.3, -0.25) is 4.79 Å². The number of benzene rings is 3. The molecule has 0 saturated heterocycles. The molecule has 1 amide bonds. The molecular formula is C24H24N2O4S. The molecule has 1 fully saturated rings. The van der Waals surface area contributed by atoms with Crippen LogP contribution in [0.5, 0.6) is 5.75 Å². The van der Waals surface area contributed by atoms with E-state index in [-0.39, 0.29) is 16.8 Å². The van der Waals surface area contributed by atoms with Crippen molar-refractivity contribution in [3.8, 4) is 5.75 Å². The molecule has 0 aliphatic heterocycles. The van der Waals surface area contributed by atoms with Gasteiger partial charge in [0.05, 0.1) is 4.90 Å². The average molecular weight is 437 g/mol. The van der Waals surface area contributed by atoms with Crippen molar-refractivity contribution in [3.05, 3.63) is 95.6 Å². The van der Waals surface area contributed by atoms with Crippen molar-refractivity contribution >= 4 is 15.9 Å². The monoisotopic (exact) mass is 436 g/mol. The van der Waals surface area contributed by atoms with Crippen molar-refractivity contribution in [1.29, 1.82) is 0 Å². The van der Waals surface area contributed by atoms with E-state index in [0.29, 0.717) is 18.7 Å². The zero-order valence-electron chi connectivity index (χ0n) is 17.0. The van der Waals surface area contributed by atoms with Gasteiger partial charge in [0.2, 0.25) is 10.0 Å². The van der Waals surface area contributed by atoms with Crippen LogP contribution in [0, 0.1) is 0 Å². The summed E-state index contributed by atoms with van der Waals surface area (Å²) in [7, 11) is -3.61. The van der Waals surface area contributed by atoms with Crippen molar-refractivity contribution in [2.75, 3.05) is 0 Å². The SMILES string of the molecule is O=C(NCc1ccccc1COc1ccccc1)c1cccc(S(=O)(=O)NC2CC2)c1. The molecule has 0 heterocycles. The Morgan fingerprint density at radius 2 is 1.61 bits per heavy atom. The Kier molecular flexibility index (Phi) is 6.34. The lowest BCUT2D eigenvalue weighted by Gasteiger charge is -2.12. The molecule has 0 spiro atoms. The van der Waals surface area contributed by atoms with Crippen molar-refractivity contribution in [2.24, 2.45) is 0 Å². The van der Waals surface area contributed by atoms with Crippen LogP contribution in [0.2, 0.25) is 0 Å². The minimum absolute atomic E-state index is 0.0112. The topological polar surface area (TPSA) is 84.5 Å². The quantitative estimate of drug-likeness (QED) is 0.536. The predicted molar refractivity (Wildman–Crippen MR) is 118 cm³/mol. The van der Waals surface area contributed by atoms with E-state index in [0.717, 1.165) is 29.7 Å². The van der Waals surface area contributed by atoms with Gasteiger partial charge < -0.3 is 10.1 Å². The highest BCUT2D eigenvalue weighted by Crippen LogP contribution is 2.22. The Hall–Kier alpha value is -3.16. The maximum Gasteiger partial charge on any atom is 0.251 e. The number of hydrogen-bond acceptors (Lipinski definition) is 4. The van der Waals surface area contributed by atoms with E-state index in [2.05, 4.69) is 10.0 Å². The molecule has 7 heteroatoms. The highest BCUT2D eigenvalue weighted by Gasteiger charge is 2.28. The van der Waals surface area contributed by atoms with Crippen molar-refractivity contribution in [1.82, 2.24) is 10.0 Å². The van der Waals surface area contributed by atoms with Crippen LogP contribution in [-0.2, 0) is 23.2 Å². The largest absolute Gasteiger partial charge is 0.489 e. The molecule has 31 heavy (non-hydrogen) atoms. The maximum atomic E-state index is 12.7. The minimum atomic E-state index is -3.61. The Morgan fingerprint density at radius 1 is 0.903 bits per heavy atom. The van der Waals surface area contributed by atoms with E-state index in [1.807, 2.05) is 54.6 Å². The summed E-state index contributed by atoms with van der Waals surface area (Å²) in [6.07, 6.45) is 1.71. The van der Waals surface area contributed by atoms with Gasteiger partial charge in [-0.05, 0) is 54.3 Å². The Balaban J connectivity index is 1.40. The fraction of sp³-hybridized carbons (Fsp3) is 0.208. The third-order valence-electron chi connectivity index (χ3n) is 5.00. The zero-order chi connectivity index (χ0) is 21.7. The second-order valence-corrected chi connectivity index (χ2v) is 9.19. The molecule has 1 aliphatic rings. The van der Waals surface area contributed by atoms with Crippen LogP contribution >= 0.6 is 0 Å². The minimum Gasteiger partial charge on any atom is -0.489 e. The molecule has 0 bridgehead atoms. The molecule has 2 N–H and O–H groups in total. The lowest BCUT2D eigenvalue weighted by Crippen LogP contribution is -2.27. The van der Waals surface area contributed by atoms with E-state index in [4.69, 9.17) is 4.74 Å². The lowest BCUT2D eigenvalue weighted by atomic mass is 10.1. The number of nitrogens with one attached hydrogen (secondary N) is 2. The first kappa shape index (κ1) is 21.1. The van der Waals surface area contributed by atoms with Gasteiger partial charge in [0.25, 0.3) is 5.91 Å². The number of ether oxygens (including phenoxy) is 1. The Labute approximate surface area is 182 Å². The summed E-state index contributed by atoms with van der Waals surface area (Å²) in [5.74, 6) is 0.446. The van der Waals surface area contributed by atoms with Crippen LogP contribution in [0.15, 0.2) is 83.8 Å². The first-order valence-electron chi connectivity index (χ1n) is 10.2. The van der Waals surface area contributed by atoms with Gasteiger partial charge in [0, 0.05) is 18.2 Å². The smallest absolute Gasteiger partial charge is 0.251 e. The number of sulfonamides is 1. The van der Waals surface area contributed by atoms with E-state index in [1.165, 1.54) is 12.1 Å². The van der Waals surface area contributed by atoms with Crippen LogP contribution in [0.1, 0.15) is 34.3 Å². The van der Waals surface area contributed by atoms with Gasteiger partial charge in [0.15, 0.2) is 0 Å². The van der Waals surface area contributed by atoms with E-state index in [9.17, 15) is 13.2 Å². The molecule has 0 radical (unpaired) electrons. The molecule has 0 aromatic heterocycles. The number of para-hydroxylation sites is 1. The Bertz CT molecular complexity index is 1160. The second kappa shape index (κ2) is 9.32. The summed E-state index contributed by atoms with van der Waals surface area (Å²) >= 11 is 0. The third-order valence-corrected chi connectivity index (χ3v) is 6.52. The van der Waals surface area contributed by atoms with Crippen LogP contribution < -0.4 is 14.8 Å². The fourth-order valence-electron chi connectivity index (χ4n) is 3.12. The summed E-state index contributed by atoms with van der Waals surface area (Å²) in [6, 6.07) is 23.4. The van der Waals surface area contributed by atoms with Gasteiger partial charge in [-0.25, -0.2) is 13.1 Å². The highest BCUT2D eigenvalue weighted by atomic mass is 32.2. The Morgan fingerprint density at radius 3 is 2.35 bits per heavy atom. The average Bonchev–Trinajstić information content (AvgIpc) is 3.60. The normalized spacial score (nSPS) is 13.5. The molecule has 1 saturated carbocycles. The molecular weight excluding hydrogens is 412 g/mol. The second-order valence-electron chi connectivity index (χ2n) is 7.48. The number of hydrogen-bond donors (Lipinski definition) is 2. The molecule has 160 valence electrons. The third kappa shape index (κ3) is 5.71. The first-order chi connectivity index (χ1) is 15.0. The standard InChI is InChI=1S/C24H24N2O4S/c27-24(18-9-6-12-23(15-18)31(28,29)26-21-13-14-21)25-16-19-7-4-5-8-20(19)17-30-22-10-2-1-3-11-22/h1-12,15,21,26H,13-14,16-17H2,(H,25,27).